The van der Waals surface area contributed by atoms with Gasteiger partial charge in [0.1, 0.15) is 0 Å². The monoisotopic (exact) mass is 310 g/mol. The topological polar surface area (TPSA) is 75.3 Å². The van der Waals surface area contributed by atoms with E-state index < -0.39 is 10.0 Å². The summed E-state index contributed by atoms with van der Waals surface area (Å²) in [5.74, 6) is 0.310. The molecule has 0 aliphatic heterocycles. The quantitative estimate of drug-likeness (QED) is 0.876. The Balaban J connectivity index is 2.01. The van der Waals surface area contributed by atoms with Gasteiger partial charge in [0, 0.05) is 6.54 Å². The molecule has 1 saturated carbocycles. The van der Waals surface area contributed by atoms with Gasteiger partial charge in [-0.2, -0.15) is 0 Å². The molecule has 0 aromatic heterocycles. The predicted octanol–water partition coefficient (Wildman–Crippen LogP) is 2.37. The van der Waals surface area contributed by atoms with Gasteiger partial charge in [0.05, 0.1) is 17.5 Å². The third-order valence-electron chi connectivity index (χ3n) is 3.74. The molecule has 2 rings (SSSR count). The molecule has 6 heteroatoms. The van der Waals surface area contributed by atoms with E-state index in [1.807, 2.05) is 0 Å². The zero-order chi connectivity index (χ0) is 15.3. The molecule has 1 fully saturated rings. The number of hydrogen-bond donors (Lipinski definition) is 2. The molecule has 1 aliphatic rings. The number of carbonyl (C=O) groups is 1. The Bertz CT molecular complexity index is 593. The molecule has 1 amide bonds. The van der Waals surface area contributed by atoms with Crippen LogP contribution >= 0.6 is 0 Å². The first-order valence-electron chi connectivity index (χ1n) is 7.31. The average molecular weight is 310 g/mol. The van der Waals surface area contributed by atoms with Crippen molar-refractivity contribution in [2.45, 2.75) is 32.1 Å². The molecule has 0 atom stereocenters. The van der Waals surface area contributed by atoms with Gasteiger partial charge < -0.3 is 5.32 Å². The van der Waals surface area contributed by atoms with Crippen molar-refractivity contribution >= 4 is 21.6 Å². The number of hydrogen-bond acceptors (Lipinski definition) is 3. The van der Waals surface area contributed by atoms with Gasteiger partial charge in [-0.1, -0.05) is 31.4 Å². The van der Waals surface area contributed by atoms with E-state index in [1.165, 1.54) is 19.3 Å². The average Bonchev–Trinajstić information content (AvgIpc) is 2.45. The molecule has 0 radical (unpaired) electrons. The van der Waals surface area contributed by atoms with Gasteiger partial charge in [0.15, 0.2) is 0 Å². The van der Waals surface area contributed by atoms with Crippen molar-refractivity contribution in [3.63, 3.8) is 0 Å². The second kappa shape index (κ2) is 6.93. The minimum Gasteiger partial charge on any atom is -0.352 e. The first-order chi connectivity index (χ1) is 9.96. The van der Waals surface area contributed by atoms with Crippen LogP contribution in [0.5, 0.6) is 0 Å². The van der Waals surface area contributed by atoms with Crippen LogP contribution < -0.4 is 10.0 Å². The van der Waals surface area contributed by atoms with Crippen LogP contribution in [0.25, 0.3) is 0 Å². The molecular formula is C15H22N2O3S. The van der Waals surface area contributed by atoms with Crippen molar-refractivity contribution in [1.82, 2.24) is 5.32 Å². The highest BCUT2D eigenvalue weighted by Gasteiger charge is 2.17. The zero-order valence-corrected chi connectivity index (χ0v) is 13.1. The van der Waals surface area contributed by atoms with Crippen LogP contribution in [-0.2, 0) is 10.0 Å². The number of benzene rings is 1. The molecule has 1 aromatic rings. The van der Waals surface area contributed by atoms with Crippen molar-refractivity contribution in [2.24, 2.45) is 5.92 Å². The molecule has 0 bridgehead atoms. The number of carbonyl (C=O) groups excluding carboxylic acids is 1. The van der Waals surface area contributed by atoms with E-state index in [-0.39, 0.29) is 5.91 Å². The maximum atomic E-state index is 12.2. The number of para-hydroxylation sites is 1. The molecule has 0 heterocycles. The Morgan fingerprint density at radius 2 is 1.86 bits per heavy atom. The largest absolute Gasteiger partial charge is 0.352 e. The molecule has 1 aliphatic carbocycles. The molecule has 0 unspecified atom stereocenters. The van der Waals surface area contributed by atoms with E-state index in [1.54, 1.807) is 24.3 Å². The summed E-state index contributed by atoms with van der Waals surface area (Å²) >= 11 is 0. The summed E-state index contributed by atoms with van der Waals surface area (Å²) in [6.07, 6.45) is 7.13. The molecule has 116 valence electrons. The first-order valence-corrected chi connectivity index (χ1v) is 9.20. The lowest BCUT2D eigenvalue weighted by atomic mass is 9.89. The maximum Gasteiger partial charge on any atom is 0.253 e. The molecule has 0 saturated heterocycles. The first kappa shape index (κ1) is 15.8. The lowest BCUT2D eigenvalue weighted by molar-refractivity contribution is 0.0944. The van der Waals surface area contributed by atoms with Gasteiger partial charge in [0.25, 0.3) is 5.91 Å². The highest BCUT2D eigenvalue weighted by atomic mass is 32.2. The maximum absolute atomic E-state index is 12.2. The third-order valence-corrected chi connectivity index (χ3v) is 4.33. The number of sulfonamides is 1. The SMILES string of the molecule is CS(=O)(=O)Nc1ccccc1C(=O)NCC1CCCCC1. The van der Waals surface area contributed by atoms with Crippen molar-refractivity contribution in [3.8, 4) is 0 Å². The minimum atomic E-state index is -3.40. The fraction of sp³-hybridized carbons (Fsp3) is 0.533. The summed E-state index contributed by atoms with van der Waals surface area (Å²) in [5, 5.41) is 2.92. The van der Waals surface area contributed by atoms with E-state index in [0.717, 1.165) is 19.1 Å². The molecule has 1 aromatic carbocycles. The molecule has 2 N–H and O–H groups in total. The summed E-state index contributed by atoms with van der Waals surface area (Å²) in [7, 11) is -3.40. The Hall–Kier alpha value is -1.56. The van der Waals surface area contributed by atoms with Crippen LogP contribution in [0.3, 0.4) is 0 Å². The summed E-state index contributed by atoms with van der Waals surface area (Å²) in [6.45, 7) is 0.659. The van der Waals surface area contributed by atoms with Crippen molar-refractivity contribution in [2.75, 3.05) is 17.5 Å². The van der Waals surface area contributed by atoms with E-state index in [0.29, 0.717) is 23.7 Å². The number of rotatable bonds is 5. The van der Waals surface area contributed by atoms with Crippen molar-refractivity contribution < 1.29 is 13.2 Å². The van der Waals surface area contributed by atoms with Gasteiger partial charge >= 0.3 is 0 Å². The van der Waals surface area contributed by atoms with E-state index in [4.69, 9.17) is 0 Å². The predicted molar refractivity (Wildman–Crippen MR) is 83.8 cm³/mol. The van der Waals surface area contributed by atoms with Gasteiger partial charge in [-0.3, -0.25) is 9.52 Å². The lowest BCUT2D eigenvalue weighted by Crippen LogP contribution is -2.31. The summed E-state index contributed by atoms with van der Waals surface area (Å²) < 4.78 is 25.1. The van der Waals surface area contributed by atoms with Crippen LogP contribution in [0.15, 0.2) is 24.3 Å². The molecule has 5 nitrogen and oxygen atoms in total. The van der Waals surface area contributed by atoms with Crippen LogP contribution in [0.1, 0.15) is 42.5 Å². The molecule has 0 spiro atoms. The number of anilines is 1. The second-order valence-corrected chi connectivity index (χ2v) is 7.38. The molecule has 21 heavy (non-hydrogen) atoms. The Morgan fingerprint density at radius 3 is 2.52 bits per heavy atom. The van der Waals surface area contributed by atoms with E-state index >= 15 is 0 Å². The van der Waals surface area contributed by atoms with Crippen molar-refractivity contribution in [1.29, 1.82) is 0 Å². The normalized spacial score (nSPS) is 16.4. The van der Waals surface area contributed by atoms with Crippen LogP contribution in [0, 0.1) is 5.92 Å². The van der Waals surface area contributed by atoms with E-state index in [2.05, 4.69) is 10.0 Å². The smallest absolute Gasteiger partial charge is 0.253 e. The molecular weight excluding hydrogens is 288 g/mol. The number of nitrogens with one attached hydrogen (secondary N) is 2. The Morgan fingerprint density at radius 1 is 1.19 bits per heavy atom. The Kier molecular flexibility index (Phi) is 5.22. The van der Waals surface area contributed by atoms with Crippen LogP contribution in [0.4, 0.5) is 5.69 Å². The number of amides is 1. The van der Waals surface area contributed by atoms with Crippen LogP contribution in [0.2, 0.25) is 0 Å². The minimum absolute atomic E-state index is 0.229. The van der Waals surface area contributed by atoms with Gasteiger partial charge in [-0.25, -0.2) is 8.42 Å². The fourth-order valence-electron chi connectivity index (χ4n) is 2.69. The summed E-state index contributed by atoms with van der Waals surface area (Å²) in [5.41, 5.74) is 0.680. The highest BCUT2D eigenvalue weighted by molar-refractivity contribution is 7.92. The lowest BCUT2D eigenvalue weighted by Gasteiger charge is -2.22. The van der Waals surface area contributed by atoms with Gasteiger partial charge in [-0.05, 0) is 30.9 Å². The van der Waals surface area contributed by atoms with Crippen molar-refractivity contribution in [3.05, 3.63) is 29.8 Å². The highest BCUT2D eigenvalue weighted by Crippen LogP contribution is 2.23. The summed E-state index contributed by atoms with van der Waals surface area (Å²) in [4.78, 5) is 12.2. The van der Waals surface area contributed by atoms with Crippen LogP contribution in [-0.4, -0.2) is 27.1 Å². The van der Waals surface area contributed by atoms with Gasteiger partial charge in [-0.15, -0.1) is 0 Å². The fourth-order valence-corrected chi connectivity index (χ4v) is 3.27. The van der Waals surface area contributed by atoms with Gasteiger partial charge in [0.2, 0.25) is 10.0 Å². The second-order valence-electron chi connectivity index (χ2n) is 5.63. The summed E-state index contributed by atoms with van der Waals surface area (Å²) in [6, 6.07) is 6.65. The third kappa shape index (κ3) is 5.04. The van der Waals surface area contributed by atoms with E-state index in [9.17, 15) is 13.2 Å². The Labute approximate surface area is 126 Å². The zero-order valence-electron chi connectivity index (χ0n) is 12.3. The standard InChI is InChI=1S/C15H22N2O3S/c1-21(19,20)17-14-10-6-5-9-13(14)15(18)16-11-12-7-3-2-4-8-12/h5-6,9-10,12,17H,2-4,7-8,11H2,1H3,(H,16,18).